The molecular weight excluding hydrogens is 567 g/mol. The van der Waals surface area contributed by atoms with Crippen molar-refractivity contribution < 1.29 is 0 Å². The molecule has 220 valence electrons. The maximum absolute atomic E-state index is 2.41. The maximum Gasteiger partial charge on any atom is 0.0540 e. The molecule has 0 amide bonds. The van der Waals surface area contributed by atoms with Crippen LogP contribution >= 0.6 is 0 Å². The van der Waals surface area contributed by atoms with Crippen molar-refractivity contribution in [1.82, 2.24) is 0 Å². The molecule has 0 aliphatic rings. The molecule has 0 saturated heterocycles. The zero-order valence-electron chi connectivity index (χ0n) is 25.8. The molecule has 0 N–H and O–H groups in total. The van der Waals surface area contributed by atoms with Crippen molar-refractivity contribution in [1.29, 1.82) is 0 Å². The monoisotopic (exact) mass is 597 g/mol. The minimum Gasteiger partial charge on any atom is -0.310 e. The molecule has 0 radical (unpaired) electrons. The Labute approximate surface area is 274 Å². The molecule has 1 heteroatoms. The summed E-state index contributed by atoms with van der Waals surface area (Å²) >= 11 is 0. The van der Waals surface area contributed by atoms with Crippen LogP contribution in [0.25, 0.3) is 65.3 Å². The molecular formula is C46H31N. The third-order valence-corrected chi connectivity index (χ3v) is 9.36. The van der Waals surface area contributed by atoms with E-state index in [0.717, 1.165) is 17.1 Å². The minimum absolute atomic E-state index is 1.12. The molecule has 0 bridgehead atoms. The summed E-state index contributed by atoms with van der Waals surface area (Å²) in [6, 6.07) is 68.4. The van der Waals surface area contributed by atoms with E-state index >= 15 is 0 Å². The number of hydrogen-bond donors (Lipinski definition) is 0. The van der Waals surface area contributed by atoms with Gasteiger partial charge in [0, 0.05) is 16.8 Å². The van der Waals surface area contributed by atoms with Gasteiger partial charge in [0.1, 0.15) is 0 Å². The van der Waals surface area contributed by atoms with E-state index in [1.165, 1.54) is 65.3 Å². The number of hydrogen-bond acceptors (Lipinski definition) is 1. The summed E-state index contributed by atoms with van der Waals surface area (Å²) < 4.78 is 0. The second-order valence-corrected chi connectivity index (χ2v) is 12.3. The fourth-order valence-electron chi connectivity index (χ4n) is 6.93. The lowest BCUT2D eigenvalue weighted by Gasteiger charge is -2.27. The number of benzene rings is 9. The Kier molecular flexibility index (Phi) is 6.54. The summed E-state index contributed by atoms with van der Waals surface area (Å²) in [5, 5.41) is 9.90. The number of nitrogens with zero attached hydrogens (tertiary/aromatic N) is 1. The first kappa shape index (κ1) is 27.2. The van der Waals surface area contributed by atoms with E-state index in [-0.39, 0.29) is 0 Å². The molecule has 9 rings (SSSR count). The first-order valence-electron chi connectivity index (χ1n) is 16.2. The smallest absolute Gasteiger partial charge is 0.0540 e. The zero-order valence-corrected chi connectivity index (χ0v) is 25.8. The van der Waals surface area contributed by atoms with Gasteiger partial charge in [0.2, 0.25) is 0 Å². The summed E-state index contributed by atoms with van der Waals surface area (Å²) in [6.45, 7) is 0. The van der Waals surface area contributed by atoms with E-state index in [2.05, 4.69) is 193 Å². The highest BCUT2D eigenvalue weighted by Gasteiger charge is 2.17. The van der Waals surface area contributed by atoms with Crippen LogP contribution in [0.2, 0.25) is 0 Å². The van der Waals surface area contributed by atoms with Crippen LogP contribution in [-0.2, 0) is 0 Å². The van der Waals surface area contributed by atoms with Gasteiger partial charge in [-0.2, -0.15) is 0 Å². The Morgan fingerprint density at radius 3 is 1.51 bits per heavy atom. The fraction of sp³-hybridized carbons (Fsp3) is 0. The van der Waals surface area contributed by atoms with Gasteiger partial charge < -0.3 is 4.90 Å². The third-order valence-electron chi connectivity index (χ3n) is 9.36. The molecule has 0 atom stereocenters. The van der Waals surface area contributed by atoms with E-state index in [4.69, 9.17) is 0 Å². The molecule has 0 aliphatic carbocycles. The maximum atomic E-state index is 2.41. The lowest BCUT2D eigenvalue weighted by atomic mass is 9.98. The Balaban J connectivity index is 1.22. The first-order chi connectivity index (χ1) is 23.3. The fourth-order valence-corrected chi connectivity index (χ4v) is 6.93. The topological polar surface area (TPSA) is 3.24 Å². The molecule has 1 nitrogen and oxygen atoms in total. The molecule has 0 aromatic heterocycles. The Morgan fingerprint density at radius 1 is 0.255 bits per heavy atom. The van der Waals surface area contributed by atoms with Crippen LogP contribution in [0.1, 0.15) is 0 Å². The van der Waals surface area contributed by atoms with Gasteiger partial charge in [0.25, 0.3) is 0 Å². The predicted octanol–water partition coefficient (Wildman–Crippen LogP) is 13.1. The van der Waals surface area contributed by atoms with Gasteiger partial charge in [0.15, 0.2) is 0 Å². The van der Waals surface area contributed by atoms with E-state index in [1.54, 1.807) is 0 Å². The SMILES string of the molecule is c1ccc(-c2ccc(N(c3ccc4ccc(-c5ccc6ccccc6c5)cc4c3)c3cccc4cc5ccccc5cc34)cc2)cc1. The van der Waals surface area contributed by atoms with Gasteiger partial charge in [-0.05, 0) is 115 Å². The van der Waals surface area contributed by atoms with Gasteiger partial charge in [0.05, 0.1) is 5.69 Å². The normalized spacial score (nSPS) is 11.4. The number of rotatable bonds is 5. The number of fused-ring (bicyclic) bond motifs is 4. The largest absolute Gasteiger partial charge is 0.310 e. The molecule has 0 spiro atoms. The van der Waals surface area contributed by atoms with E-state index in [1.807, 2.05) is 0 Å². The predicted molar refractivity (Wildman–Crippen MR) is 202 cm³/mol. The summed E-state index contributed by atoms with van der Waals surface area (Å²) in [7, 11) is 0. The van der Waals surface area contributed by atoms with Crippen LogP contribution < -0.4 is 4.90 Å². The summed E-state index contributed by atoms with van der Waals surface area (Å²) in [5.41, 5.74) is 8.27. The van der Waals surface area contributed by atoms with E-state index in [0.29, 0.717) is 0 Å². The van der Waals surface area contributed by atoms with Gasteiger partial charge in [-0.3, -0.25) is 0 Å². The van der Waals surface area contributed by atoms with Gasteiger partial charge in [-0.25, -0.2) is 0 Å². The standard InChI is InChI=1S/C46H31N/c1-2-9-32(10-3-1)34-21-24-43(25-22-34)47(46-16-8-15-41-28-37-13-6-7-14-38(37)31-45(41)46)44-26-23-35-18-20-40(29-42(35)30-44)39-19-17-33-11-4-5-12-36(33)27-39/h1-31H. The number of anilines is 3. The van der Waals surface area contributed by atoms with Crippen LogP contribution in [0.4, 0.5) is 17.1 Å². The van der Waals surface area contributed by atoms with Crippen molar-refractivity contribution in [2.75, 3.05) is 4.90 Å². The van der Waals surface area contributed by atoms with E-state index in [9.17, 15) is 0 Å². The quantitative estimate of drug-likeness (QED) is 0.178. The molecule has 0 aliphatic heterocycles. The van der Waals surface area contributed by atoms with Gasteiger partial charge in [-0.15, -0.1) is 0 Å². The lowest BCUT2D eigenvalue weighted by molar-refractivity contribution is 1.30. The highest BCUT2D eigenvalue weighted by Crippen LogP contribution is 2.42. The Hall–Kier alpha value is -6.18. The van der Waals surface area contributed by atoms with Crippen molar-refractivity contribution in [3.63, 3.8) is 0 Å². The molecule has 0 saturated carbocycles. The zero-order chi connectivity index (χ0) is 31.2. The second kappa shape index (κ2) is 11.3. The van der Waals surface area contributed by atoms with Crippen LogP contribution in [0.3, 0.4) is 0 Å². The molecule has 9 aromatic rings. The Bertz CT molecular complexity index is 2560. The van der Waals surface area contributed by atoms with Crippen LogP contribution in [0.15, 0.2) is 188 Å². The first-order valence-corrected chi connectivity index (χ1v) is 16.2. The highest BCUT2D eigenvalue weighted by molar-refractivity contribution is 6.06. The molecule has 0 unspecified atom stereocenters. The third kappa shape index (κ3) is 4.99. The van der Waals surface area contributed by atoms with E-state index < -0.39 is 0 Å². The molecule has 0 fully saturated rings. The average Bonchev–Trinajstić information content (AvgIpc) is 3.14. The van der Waals surface area contributed by atoms with Crippen LogP contribution in [0, 0.1) is 0 Å². The van der Waals surface area contributed by atoms with Crippen molar-refractivity contribution in [3.8, 4) is 22.3 Å². The van der Waals surface area contributed by atoms with Crippen LogP contribution in [-0.4, -0.2) is 0 Å². The Morgan fingerprint density at radius 2 is 0.766 bits per heavy atom. The molecule has 9 aromatic carbocycles. The van der Waals surface area contributed by atoms with Crippen molar-refractivity contribution in [3.05, 3.63) is 188 Å². The molecule has 0 heterocycles. The van der Waals surface area contributed by atoms with Gasteiger partial charge in [-0.1, -0.05) is 133 Å². The van der Waals surface area contributed by atoms with Crippen LogP contribution in [0.5, 0.6) is 0 Å². The van der Waals surface area contributed by atoms with Gasteiger partial charge >= 0.3 is 0 Å². The highest BCUT2D eigenvalue weighted by atomic mass is 15.1. The van der Waals surface area contributed by atoms with Crippen molar-refractivity contribution in [2.45, 2.75) is 0 Å². The average molecular weight is 598 g/mol. The second-order valence-electron chi connectivity index (χ2n) is 12.3. The summed E-state index contributed by atoms with van der Waals surface area (Å²) in [4.78, 5) is 2.41. The van der Waals surface area contributed by atoms with Crippen molar-refractivity contribution >= 4 is 60.2 Å². The summed E-state index contributed by atoms with van der Waals surface area (Å²) in [5.74, 6) is 0. The summed E-state index contributed by atoms with van der Waals surface area (Å²) in [6.07, 6.45) is 0. The molecule has 47 heavy (non-hydrogen) atoms. The minimum atomic E-state index is 1.12. The van der Waals surface area contributed by atoms with Crippen molar-refractivity contribution in [2.24, 2.45) is 0 Å². The lowest BCUT2D eigenvalue weighted by Crippen LogP contribution is -2.10.